The van der Waals surface area contributed by atoms with Gasteiger partial charge in [-0.25, -0.2) is 9.79 Å². The third-order valence-corrected chi connectivity index (χ3v) is 7.20. The zero-order chi connectivity index (χ0) is 27.0. The fraction of sp³-hybridized carbons (Fsp3) is 0.296. The summed E-state index contributed by atoms with van der Waals surface area (Å²) in [6.07, 6.45) is 1.73. The first-order valence-corrected chi connectivity index (χ1v) is 12.6. The number of methoxy groups -OCH3 is 3. The van der Waals surface area contributed by atoms with Crippen LogP contribution in [0.5, 0.6) is 28.7 Å². The van der Waals surface area contributed by atoms with Crippen molar-refractivity contribution < 1.29 is 33.2 Å². The van der Waals surface area contributed by atoms with E-state index >= 15 is 0 Å². The lowest BCUT2D eigenvalue weighted by Gasteiger charge is -2.24. The summed E-state index contributed by atoms with van der Waals surface area (Å²) in [6.45, 7) is 3.77. The molecule has 0 saturated carbocycles. The molecule has 1 atom stereocenters. The average Bonchev–Trinajstić information content (AvgIpc) is 3.50. The number of fused-ring (bicyclic) bond motifs is 2. The lowest BCUT2D eigenvalue weighted by molar-refractivity contribution is -0.139. The van der Waals surface area contributed by atoms with Crippen molar-refractivity contribution in [1.29, 1.82) is 0 Å². The van der Waals surface area contributed by atoms with Gasteiger partial charge in [-0.3, -0.25) is 9.36 Å². The molecule has 3 heterocycles. The standard InChI is InChI=1S/C27H26N2O8S/c1-6-35-26(31)22-14(2)28-27-29(23(22)16-7-8-17-18(12-16)37-13-36-17)25(30)21(38-27)11-15-9-19(32-3)24(34-5)20(10-15)33-4/h7-12,23H,6,13H2,1-5H3/b21-11+/t23-/m1/s1. The van der Waals surface area contributed by atoms with Gasteiger partial charge in [0.05, 0.1) is 49.8 Å². The van der Waals surface area contributed by atoms with Gasteiger partial charge in [-0.2, -0.15) is 0 Å². The predicted molar refractivity (Wildman–Crippen MR) is 139 cm³/mol. The van der Waals surface area contributed by atoms with E-state index < -0.39 is 12.0 Å². The van der Waals surface area contributed by atoms with Crippen molar-refractivity contribution in [3.8, 4) is 28.7 Å². The van der Waals surface area contributed by atoms with Crippen LogP contribution in [0.2, 0.25) is 0 Å². The zero-order valence-corrected chi connectivity index (χ0v) is 22.3. The number of allylic oxidation sites excluding steroid dienone is 1. The number of carbonyl (C=O) groups excluding carboxylic acids is 1. The molecule has 3 aromatic rings. The average molecular weight is 539 g/mol. The summed E-state index contributed by atoms with van der Waals surface area (Å²) in [4.78, 5) is 32.0. The molecule has 10 nitrogen and oxygen atoms in total. The molecule has 0 bridgehead atoms. The van der Waals surface area contributed by atoms with Crippen LogP contribution in [-0.4, -0.2) is 45.3 Å². The minimum Gasteiger partial charge on any atom is -0.493 e. The van der Waals surface area contributed by atoms with Gasteiger partial charge in [0.2, 0.25) is 12.5 Å². The Morgan fingerprint density at radius 1 is 1.11 bits per heavy atom. The number of carbonyl (C=O) groups is 1. The van der Waals surface area contributed by atoms with E-state index in [-0.39, 0.29) is 24.5 Å². The molecule has 0 radical (unpaired) electrons. The molecule has 11 heteroatoms. The van der Waals surface area contributed by atoms with Gasteiger partial charge in [-0.15, -0.1) is 0 Å². The molecule has 198 valence electrons. The normalized spacial score (nSPS) is 16.1. The van der Waals surface area contributed by atoms with Crippen LogP contribution in [0.25, 0.3) is 6.08 Å². The maximum atomic E-state index is 13.9. The Balaban J connectivity index is 1.71. The second-order valence-corrected chi connectivity index (χ2v) is 9.38. The lowest BCUT2D eigenvalue weighted by Crippen LogP contribution is -2.39. The quantitative estimate of drug-likeness (QED) is 0.423. The number of hydrogen-bond donors (Lipinski definition) is 0. The van der Waals surface area contributed by atoms with Gasteiger partial charge >= 0.3 is 5.97 Å². The number of aromatic nitrogens is 1. The smallest absolute Gasteiger partial charge is 0.338 e. The Kier molecular flexibility index (Phi) is 6.85. The summed E-state index contributed by atoms with van der Waals surface area (Å²) >= 11 is 1.22. The highest BCUT2D eigenvalue weighted by Crippen LogP contribution is 2.39. The second kappa shape index (κ2) is 10.3. The second-order valence-electron chi connectivity index (χ2n) is 8.37. The highest BCUT2D eigenvalue weighted by Gasteiger charge is 2.34. The highest BCUT2D eigenvalue weighted by atomic mass is 32.1. The monoisotopic (exact) mass is 538 g/mol. The summed E-state index contributed by atoms with van der Waals surface area (Å²) in [5.74, 6) is 1.98. The molecular weight excluding hydrogens is 512 g/mol. The van der Waals surface area contributed by atoms with Gasteiger partial charge in [0.25, 0.3) is 5.56 Å². The van der Waals surface area contributed by atoms with E-state index in [0.717, 1.165) is 0 Å². The van der Waals surface area contributed by atoms with Crippen LogP contribution in [-0.2, 0) is 9.53 Å². The number of hydrogen-bond acceptors (Lipinski definition) is 10. The molecule has 2 aromatic carbocycles. The molecule has 0 saturated heterocycles. The Bertz CT molecular complexity index is 1610. The topological polar surface area (TPSA) is 107 Å². The number of esters is 1. The highest BCUT2D eigenvalue weighted by molar-refractivity contribution is 7.07. The molecule has 0 aliphatic carbocycles. The van der Waals surface area contributed by atoms with E-state index in [9.17, 15) is 9.59 Å². The van der Waals surface area contributed by atoms with Crippen molar-refractivity contribution >= 4 is 23.4 Å². The van der Waals surface area contributed by atoms with E-state index in [0.29, 0.717) is 54.9 Å². The first-order chi connectivity index (χ1) is 18.4. The van der Waals surface area contributed by atoms with Crippen molar-refractivity contribution in [2.45, 2.75) is 19.9 Å². The molecule has 0 spiro atoms. The van der Waals surface area contributed by atoms with Gasteiger partial charge < -0.3 is 28.4 Å². The summed E-state index contributed by atoms with van der Waals surface area (Å²) in [6, 6.07) is 8.10. The number of benzene rings is 2. The summed E-state index contributed by atoms with van der Waals surface area (Å²) < 4.78 is 34.6. The lowest BCUT2D eigenvalue weighted by atomic mass is 9.95. The molecule has 0 amide bonds. The van der Waals surface area contributed by atoms with E-state index in [1.165, 1.54) is 37.2 Å². The molecule has 2 aliphatic heterocycles. The van der Waals surface area contributed by atoms with Gasteiger partial charge in [-0.1, -0.05) is 17.4 Å². The minimum atomic E-state index is -0.762. The molecule has 0 unspecified atom stereocenters. The van der Waals surface area contributed by atoms with Crippen molar-refractivity contribution in [2.75, 3.05) is 34.7 Å². The fourth-order valence-electron chi connectivity index (χ4n) is 4.53. The van der Waals surface area contributed by atoms with Gasteiger partial charge in [-0.05, 0) is 55.3 Å². The van der Waals surface area contributed by atoms with Gasteiger partial charge in [0.15, 0.2) is 27.8 Å². The Morgan fingerprint density at radius 3 is 2.47 bits per heavy atom. The number of nitrogens with zero attached hydrogens (tertiary/aromatic N) is 2. The van der Waals surface area contributed by atoms with E-state index in [2.05, 4.69) is 4.99 Å². The molecule has 5 rings (SSSR count). The summed E-state index contributed by atoms with van der Waals surface area (Å²) in [5, 5.41) is 0. The van der Waals surface area contributed by atoms with Crippen molar-refractivity contribution in [3.63, 3.8) is 0 Å². The van der Waals surface area contributed by atoms with Gasteiger partial charge in [0, 0.05) is 0 Å². The number of thiazole rings is 1. The maximum absolute atomic E-state index is 13.9. The van der Waals surface area contributed by atoms with Crippen molar-refractivity contribution in [2.24, 2.45) is 4.99 Å². The molecule has 0 fully saturated rings. The Morgan fingerprint density at radius 2 is 1.82 bits per heavy atom. The van der Waals surface area contributed by atoms with Crippen molar-refractivity contribution in [1.82, 2.24) is 4.57 Å². The van der Waals surface area contributed by atoms with Crippen LogP contribution in [0.1, 0.15) is 31.0 Å². The first kappa shape index (κ1) is 25.4. The molecule has 38 heavy (non-hydrogen) atoms. The fourth-order valence-corrected chi connectivity index (χ4v) is 5.57. The molecular formula is C27H26N2O8S. The van der Waals surface area contributed by atoms with Crippen LogP contribution < -0.4 is 38.6 Å². The Hall–Kier alpha value is -4.25. The van der Waals surface area contributed by atoms with Crippen LogP contribution in [0.15, 0.2) is 51.4 Å². The van der Waals surface area contributed by atoms with Crippen LogP contribution in [0.4, 0.5) is 0 Å². The van der Waals surface area contributed by atoms with E-state index in [1.807, 2.05) is 6.07 Å². The largest absolute Gasteiger partial charge is 0.493 e. The van der Waals surface area contributed by atoms with Gasteiger partial charge in [0.1, 0.15) is 0 Å². The number of ether oxygens (including phenoxy) is 6. The maximum Gasteiger partial charge on any atom is 0.338 e. The first-order valence-electron chi connectivity index (χ1n) is 11.8. The van der Waals surface area contributed by atoms with E-state index in [1.54, 1.807) is 44.2 Å². The van der Waals surface area contributed by atoms with Crippen LogP contribution in [0.3, 0.4) is 0 Å². The molecule has 1 aromatic heterocycles. The summed E-state index contributed by atoms with van der Waals surface area (Å²) in [5.41, 5.74) is 1.81. The third kappa shape index (κ3) is 4.28. The zero-order valence-electron chi connectivity index (χ0n) is 21.5. The molecule has 2 aliphatic rings. The van der Waals surface area contributed by atoms with E-state index in [4.69, 9.17) is 28.4 Å². The SMILES string of the molecule is CCOC(=O)C1=C(C)N=c2s/c(=C/c3cc(OC)c(OC)c(OC)c3)c(=O)n2[C@@H]1c1ccc2c(c1)OCO2. The van der Waals surface area contributed by atoms with Crippen LogP contribution in [0, 0.1) is 0 Å². The minimum absolute atomic E-state index is 0.107. The van der Waals surface area contributed by atoms with Crippen molar-refractivity contribution in [3.05, 3.63) is 72.4 Å². The summed E-state index contributed by atoms with van der Waals surface area (Å²) in [7, 11) is 4.58. The number of rotatable bonds is 7. The molecule has 0 N–H and O–H groups in total. The van der Waals surface area contributed by atoms with Crippen LogP contribution >= 0.6 is 11.3 Å². The third-order valence-electron chi connectivity index (χ3n) is 6.21. The predicted octanol–water partition coefficient (Wildman–Crippen LogP) is 2.55. The Labute approximate surface area is 222 Å².